The van der Waals surface area contributed by atoms with E-state index in [1.165, 1.54) is 30.7 Å². The Labute approximate surface area is 133 Å². The van der Waals surface area contributed by atoms with E-state index in [0.717, 1.165) is 12.1 Å². The van der Waals surface area contributed by atoms with Gasteiger partial charge in [0, 0.05) is 18.1 Å². The number of halogens is 3. The number of rotatable bonds is 4. The molecule has 0 radical (unpaired) electrons. The summed E-state index contributed by atoms with van der Waals surface area (Å²) in [6.07, 6.45) is -1.66. The molecule has 0 saturated carbocycles. The number of benzene rings is 1. The van der Waals surface area contributed by atoms with Crippen molar-refractivity contribution in [1.29, 1.82) is 0 Å². The van der Waals surface area contributed by atoms with E-state index in [-0.39, 0.29) is 17.2 Å². The number of nitrogens with one attached hydrogen (secondary N) is 1. The average Bonchev–Trinajstić information content (AvgIpc) is 2.54. The van der Waals surface area contributed by atoms with Crippen molar-refractivity contribution in [3.8, 4) is 5.75 Å². The zero-order chi connectivity index (χ0) is 17.6. The predicted molar refractivity (Wildman–Crippen MR) is 76.0 cm³/mol. The number of hydrogen-bond acceptors (Lipinski definition) is 6. The van der Waals surface area contributed by atoms with E-state index in [1.807, 2.05) is 0 Å². The van der Waals surface area contributed by atoms with Crippen molar-refractivity contribution >= 4 is 17.6 Å². The van der Waals surface area contributed by atoms with Gasteiger partial charge < -0.3 is 10.5 Å². The first kappa shape index (κ1) is 17.0. The lowest BCUT2D eigenvalue weighted by Gasteiger charge is -2.09. The zero-order valence-electron chi connectivity index (χ0n) is 11.8. The van der Waals surface area contributed by atoms with Gasteiger partial charge in [-0.2, -0.15) is 0 Å². The molecule has 3 N–H and O–H groups in total. The van der Waals surface area contributed by atoms with Crippen LogP contribution in [-0.2, 0) is 4.84 Å². The van der Waals surface area contributed by atoms with E-state index >= 15 is 0 Å². The lowest BCUT2D eigenvalue weighted by atomic mass is 10.3. The summed E-state index contributed by atoms with van der Waals surface area (Å²) >= 11 is 0. The van der Waals surface area contributed by atoms with Crippen LogP contribution in [0.4, 0.5) is 23.7 Å². The van der Waals surface area contributed by atoms with Crippen LogP contribution < -0.4 is 15.8 Å². The number of nitrogens with zero attached hydrogens (tertiary/aromatic N) is 3. The van der Waals surface area contributed by atoms with Gasteiger partial charge in [-0.25, -0.2) is 9.78 Å². The van der Waals surface area contributed by atoms with Crippen molar-refractivity contribution in [3.63, 3.8) is 0 Å². The summed E-state index contributed by atoms with van der Waals surface area (Å²) in [6.45, 7) is 0. The number of nitrogens with two attached hydrogens (primary N) is 1. The SMILES string of the molecule is N/C(=N\OC(=O)Nc1ccc(OC(F)(F)F)cc1)c1cnccn1. The summed E-state index contributed by atoms with van der Waals surface area (Å²) in [6, 6.07) is 4.44. The third-order valence-electron chi connectivity index (χ3n) is 2.39. The predicted octanol–water partition coefficient (Wildman–Crippen LogP) is 2.24. The van der Waals surface area contributed by atoms with Gasteiger partial charge in [-0.05, 0) is 24.3 Å². The molecule has 0 spiro atoms. The van der Waals surface area contributed by atoms with E-state index in [2.05, 4.69) is 30.0 Å². The molecule has 2 rings (SSSR count). The third kappa shape index (κ3) is 5.44. The first-order valence-electron chi connectivity index (χ1n) is 6.27. The number of carbonyl (C=O) groups excluding carboxylic acids is 1. The van der Waals surface area contributed by atoms with Crippen LogP contribution in [-0.4, -0.2) is 28.3 Å². The summed E-state index contributed by atoms with van der Waals surface area (Å²) in [4.78, 5) is 23.6. The van der Waals surface area contributed by atoms with Crippen LogP contribution in [0.2, 0.25) is 0 Å². The molecule has 0 aliphatic carbocycles. The van der Waals surface area contributed by atoms with Gasteiger partial charge in [0.1, 0.15) is 11.4 Å². The van der Waals surface area contributed by atoms with Crippen molar-refractivity contribution in [2.24, 2.45) is 10.9 Å². The monoisotopic (exact) mass is 341 g/mol. The number of oxime groups is 1. The highest BCUT2D eigenvalue weighted by molar-refractivity contribution is 5.95. The fourth-order valence-electron chi connectivity index (χ4n) is 1.45. The minimum absolute atomic E-state index is 0.169. The third-order valence-corrected chi connectivity index (χ3v) is 2.39. The van der Waals surface area contributed by atoms with E-state index in [0.29, 0.717) is 0 Å². The molecule has 2 aromatic rings. The highest BCUT2D eigenvalue weighted by Gasteiger charge is 2.30. The van der Waals surface area contributed by atoms with Gasteiger partial charge in [0.25, 0.3) is 0 Å². The first-order valence-corrected chi connectivity index (χ1v) is 6.27. The lowest BCUT2D eigenvalue weighted by molar-refractivity contribution is -0.274. The molecule has 0 bridgehead atoms. The van der Waals surface area contributed by atoms with E-state index < -0.39 is 18.2 Å². The maximum atomic E-state index is 12.0. The molecule has 0 aliphatic rings. The highest BCUT2D eigenvalue weighted by Crippen LogP contribution is 2.23. The van der Waals surface area contributed by atoms with Crippen molar-refractivity contribution in [1.82, 2.24) is 9.97 Å². The number of amidine groups is 1. The number of aromatic nitrogens is 2. The van der Waals surface area contributed by atoms with E-state index in [1.54, 1.807) is 0 Å². The summed E-state index contributed by atoms with van der Waals surface area (Å²) in [5.41, 5.74) is 5.91. The van der Waals surface area contributed by atoms with E-state index in [4.69, 9.17) is 5.73 Å². The quantitative estimate of drug-likeness (QED) is 0.382. The Morgan fingerprint density at radius 2 is 1.92 bits per heavy atom. The summed E-state index contributed by atoms with van der Waals surface area (Å²) in [5, 5.41) is 5.61. The zero-order valence-corrected chi connectivity index (χ0v) is 11.8. The van der Waals surface area contributed by atoms with Crippen LogP contribution >= 0.6 is 0 Å². The van der Waals surface area contributed by atoms with E-state index in [9.17, 15) is 18.0 Å². The van der Waals surface area contributed by atoms with Crippen LogP contribution in [0.15, 0.2) is 48.0 Å². The summed E-state index contributed by atoms with van der Waals surface area (Å²) in [5.74, 6) is -0.599. The molecular formula is C13H10F3N5O3. The molecule has 8 nitrogen and oxygen atoms in total. The fourth-order valence-corrected chi connectivity index (χ4v) is 1.45. The maximum absolute atomic E-state index is 12.0. The molecule has 24 heavy (non-hydrogen) atoms. The molecule has 0 atom stereocenters. The van der Waals surface area contributed by atoms with Crippen LogP contribution in [0.25, 0.3) is 0 Å². The Hall–Kier alpha value is -3.37. The fraction of sp³-hybridized carbons (Fsp3) is 0.0769. The topological polar surface area (TPSA) is 112 Å². The molecule has 11 heteroatoms. The molecule has 0 saturated heterocycles. The van der Waals surface area contributed by atoms with Crippen molar-refractivity contribution in [2.45, 2.75) is 6.36 Å². The smallest absolute Gasteiger partial charge is 0.406 e. The van der Waals surface area contributed by atoms with Gasteiger partial charge in [-0.1, -0.05) is 5.16 Å². The normalized spacial score (nSPS) is 11.7. The molecule has 1 amide bonds. The second-order valence-corrected chi connectivity index (χ2v) is 4.14. The minimum atomic E-state index is -4.79. The van der Waals surface area contributed by atoms with Crippen LogP contribution in [0.1, 0.15) is 5.69 Å². The summed E-state index contributed by atoms with van der Waals surface area (Å²) < 4.78 is 39.8. The number of hydrogen-bond donors (Lipinski definition) is 2. The Morgan fingerprint density at radius 1 is 1.21 bits per heavy atom. The standard InChI is InChI=1S/C13H10F3N5O3/c14-13(15,16)23-9-3-1-8(2-4-9)20-12(22)24-21-11(17)10-7-18-5-6-19-10/h1-7H,(H2,17,21)(H,20,22). The molecule has 0 unspecified atom stereocenters. The minimum Gasteiger partial charge on any atom is -0.406 e. The van der Waals surface area contributed by atoms with Crippen molar-refractivity contribution < 1.29 is 27.5 Å². The Balaban J connectivity index is 1.90. The number of anilines is 1. The molecule has 0 fully saturated rings. The van der Waals surface area contributed by atoms with Crippen LogP contribution in [0, 0.1) is 0 Å². The average molecular weight is 341 g/mol. The van der Waals surface area contributed by atoms with Gasteiger partial charge in [0.05, 0.1) is 6.20 Å². The summed E-state index contributed by atoms with van der Waals surface area (Å²) in [7, 11) is 0. The van der Waals surface area contributed by atoms with Gasteiger partial charge in [0.2, 0.25) is 0 Å². The van der Waals surface area contributed by atoms with Crippen LogP contribution in [0.5, 0.6) is 5.75 Å². The largest absolute Gasteiger partial charge is 0.573 e. The lowest BCUT2D eigenvalue weighted by Crippen LogP contribution is -2.19. The Kier molecular flexibility index (Phi) is 5.14. The number of ether oxygens (including phenoxy) is 1. The second-order valence-electron chi connectivity index (χ2n) is 4.14. The van der Waals surface area contributed by atoms with Gasteiger partial charge in [-0.15, -0.1) is 13.2 Å². The number of amides is 1. The molecule has 126 valence electrons. The van der Waals surface area contributed by atoms with Crippen molar-refractivity contribution in [2.75, 3.05) is 5.32 Å². The van der Waals surface area contributed by atoms with Crippen LogP contribution in [0.3, 0.4) is 0 Å². The molecular weight excluding hydrogens is 331 g/mol. The van der Waals surface area contributed by atoms with Gasteiger partial charge >= 0.3 is 12.5 Å². The number of carbonyl (C=O) groups is 1. The van der Waals surface area contributed by atoms with Crippen molar-refractivity contribution in [3.05, 3.63) is 48.5 Å². The maximum Gasteiger partial charge on any atom is 0.573 e. The van der Waals surface area contributed by atoms with Gasteiger partial charge in [-0.3, -0.25) is 15.1 Å². The number of alkyl halides is 3. The molecule has 1 heterocycles. The van der Waals surface area contributed by atoms with Gasteiger partial charge in [0.15, 0.2) is 5.84 Å². The first-order chi connectivity index (χ1) is 11.3. The Morgan fingerprint density at radius 3 is 2.50 bits per heavy atom. The molecule has 0 aliphatic heterocycles. The molecule has 1 aromatic heterocycles. The highest BCUT2D eigenvalue weighted by atomic mass is 19.4. The Bertz CT molecular complexity index is 720. The second kappa shape index (κ2) is 7.26. The molecule has 1 aromatic carbocycles.